The minimum Gasteiger partial charge on any atom is -0.465 e. The predicted octanol–water partition coefficient (Wildman–Crippen LogP) is 4.24. The maximum atomic E-state index is 12.7. The monoisotopic (exact) mass is 383 g/mol. The van der Waals surface area contributed by atoms with E-state index in [0.717, 1.165) is 30.6 Å². The van der Waals surface area contributed by atoms with Crippen LogP contribution in [0.15, 0.2) is 48.5 Å². The molecule has 0 fully saturated rings. The summed E-state index contributed by atoms with van der Waals surface area (Å²) in [7, 11) is 3.29. The Bertz CT molecular complexity index is 803. The summed E-state index contributed by atoms with van der Waals surface area (Å²) < 4.78 is 4.70. The first-order valence-electron chi connectivity index (χ1n) is 9.18. The van der Waals surface area contributed by atoms with Crippen LogP contribution >= 0.6 is 11.8 Å². The molecule has 1 atom stereocenters. The highest BCUT2D eigenvalue weighted by Gasteiger charge is 2.26. The number of thioether (sulfide) groups is 1. The number of rotatable bonds is 6. The molecule has 1 aliphatic carbocycles. The average molecular weight is 384 g/mol. The second kappa shape index (κ2) is 9.09. The van der Waals surface area contributed by atoms with Gasteiger partial charge in [0.1, 0.15) is 0 Å². The number of fused-ring (bicyclic) bond motifs is 1. The van der Waals surface area contributed by atoms with Crippen molar-refractivity contribution < 1.29 is 14.3 Å². The van der Waals surface area contributed by atoms with Crippen molar-refractivity contribution in [3.05, 3.63) is 70.8 Å². The normalized spacial score (nSPS) is 15.7. The van der Waals surface area contributed by atoms with Crippen LogP contribution in [-0.4, -0.2) is 36.7 Å². The number of benzene rings is 2. The van der Waals surface area contributed by atoms with E-state index in [1.807, 2.05) is 24.1 Å². The number of esters is 1. The van der Waals surface area contributed by atoms with Gasteiger partial charge in [-0.3, -0.25) is 4.79 Å². The average Bonchev–Trinajstić information content (AvgIpc) is 2.72. The van der Waals surface area contributed by atoms with Crippen LogP contribution in [0.1, 0.15) is 45.9 Å². The lowest BCUT2D eigenvalue weighted by Crippen LogP contribution is -2.34. The van der Waals surface area contributed by atoms with E-state index in [1.165, 1.54) is 18.2 Å². The van der Waals surface area contributed by atoms with Crippen molar-refractivity contribution >= 4 is 23.6 Å². The summed E-state index contributed by atoms with van der Waals surface area (Å²) in [4.78, 5) is 26.0. The molecule has 0 saturated heterocycles. The predicted molar refractivity (Wildman–Crippen MR) is 109 cm³/mol. The Morgan fingerprint density at radius 1 is 1.15 bits per heavy atom. The molecule has 0 aromatic heterocycles. The van der Waals surface area contributed by atoms with E-state index in [2.05, 4.69) is 24.3 Å². The van der Waals surface area contributed by atoms with Crippen LogP contribution in [0, 0.1) is 0 Å². The van der Waals surface area contributed by atoms with Gasteiger partial charge in [-0.05, 0) is 48.1 Å². The molecule has 142 valence electrons. The Morgan fingerprint density at radius 3 is 2.63 bits per heavy atom. The molecule has 0 radical (unpaired) electrons. The standard InChI is InChI=1S/C22H25NO3S/c1-23(20-9-5-7-17-6-3-4-8-19(17)20)21(24)15-27-14-16-10-12-18(13-11-16)22(25)26-2/h3-4,6,8,10-13,20H,5,7,9,14-15H2,1-2H3. The first-order valence-corrected chi connectivity index (χ1v) is 10.3. The maximum absolute atomic E-state index is 12.7. The Kier molecular flexibility index (Phi) is 6.56. The summed E-state index contributed by atoms with van der Waals surface area (Å²) in [5, 5.41) is 0. The Balaban J connectivity index is 1.53. The highest BCUT2D eigenvalue weighted by atomic mass is 32.2. The van der Waals surface area contributed by atoms with Crippen molar-refractivity contribution in [3.63, 3.8) is 0 Å². The number of methoxy groups -OCH3 is 1. The largest absolute Gasteiger partial charge is 0.465 e. The van der Waals surface area contributed by atoms with E-state index < -0.39 is 0 Å². The van der Waals surface area contributed by atoms with Crippen molar-refractivity contribution in [1.82, 2.24) is 4.90 Å². The fourth-order valence-electron chi connectivity index (χ4n) is 3.52. The van der Waals surface area contributed by atoms with Gasteiger partial charge < -0.3 is 9.64 Å². The van der Waals surface area contributed by atoms with Crippen molar-refractivity contribution in [2.45, 2.75) is 31.1 Å². The molecule has 27 heavy (non-hydrogen) atoms. The Hall–Kier alpha value is -2.27. The zero-order valence-electron chi connectivity index (χ0n) is 15.8. The van der Waals surface area contributed by atoms with E-state index in [1.54, 1.807) is 23.9 Å². The number of nitrogens with zero attached hydrogens (tertiary/aromatic N) is 1. The van der Waals surface area contributed by atoms with Gasteiger partial charge in [-0.2, -0.15) is 0 Å². The number of aryl methyl sites for hydroxylation is 1. The van der Waals surface area contributed by atoms with Crippen LogP contribution in [0.4, 0.5) is 0 Å². The van der Waals surface area contributed by atoms with Crippen molar-refractivity contribution in [2.75, 3.05) is 19.9 Å². The fourth-order valence-corrected chi connectivity index (χ4v) is 4.43. The molecule has 5 heteroatoms. The van der Waals surface area contributed by atoms with E-state index in [9.17, 15) is 9.59 Å². The van der Waals surface area contributed by atoms with Crippen molar-refractivity contribution in [3.8, 4) is 0 Å². The molecule has 2 aromatic rings. The van der Waals surface area contributed by atoms with Gasteiger partial charge in [-0.1, -0.05) is 36.4 Å². The van der Waals surface area contributed by atoms with Gasteiger partial charge in [0.15, 0.2) is 0 Å². The van der Waals surface area contributed by atoms with Gasteiger partial charge in [-0.25, -0.2) is 4.79 Å². The van der Waals surface area contributed by atoms with E-state index in [-0.39, 0.29) is 17.9 Å². The summed E-state index contributed by atoms with van der Waals surface area (Å²) >= 11 is 1.60. The number of hydrogen-bond donors (Lipinski definition) is 0. The number of ether oxygens (including phenoxy) is 1. The molecule has 4 nitrogen and oxygen atoms in total. The lowest BCUT2D eigenvalue weighted by atomic mass is 9.87. The second-order valence-electron chi connectivity index (χ2n) is 6.79. The Labute approximate surface area is 164 Å². The second-order valence-corrected chi connectivity index (χ2v) is 7.78. The SMILES string of the molecule is COC(=O)c1ccc(CSCC(=O)N(C)C2CCCc3ccccc32)cc1. The minimum atomic E-state index is -0.334. The smallest absolute Gasteiger partial charge is 0.337 e. The van der Waals surface area contributed by atoms with Gasteiger partial charge in [0.2, 0.25) is 5.91 Å². The number of carbonyl (C=O) groups is 2. The van der Waals surface area contributed by atoms with Crippen LogP contribution in [0.5, 0.6) is 0 Å². The summed E-state index contributed by atoms with van der Waals surface area (Å²) in [5.74, 6) is 1.02. The highest BCUT2D eigenvalue weighted by Crippen LogP contribution is 2.33. The van der Waals surface area contributed by atoms with Gasteiger partial charge in [0.05, 0.1) is 24.5 Å². The van der Waals surface area contributed by atoms with E-state index in [4.69, 9.17) is 4.74 Å². The molecule has 0 heterocycles. The molecule has 1 unspecified atom stereocenters. The van der Waals surface area contributed by atoms with Gasteiger partial charge >= 0.3 is 5.97 Å². The first kappa shape index (κ1) is 19.5. The first-order chi connectivity index (χ1) is 13.1. The molecule has 1 amide bonds. The van der Waals surface area contributed by atoms with Crippen molar-refractivity contribution in [1.29, 1.82) is 0 Å². The molecule has 0 bridgehead atoms. The molecule has 0 aliphatic heterocycles. The van der Waals surface area contributed by atoms with E-state index in [0.29, 0.717) is 11.3 Å². The zero-order valence-corrected chi connectivity index (χ0v) is 16.6. The fraction of sp³-hybridized carbons (Fsp3) is 0.364. The molecule has 0 spiro atoms. The summed E-state index contributed by atoms with van der Waals surface area (Å²) in [6, 6.07) is 16.0. The quantitative estimate of drug-likeness (QED) is 0.700. The molecular formula is C22H25NO3S. The van der Waals surface area contributed by atoms with Crippen LogP contribution in [0.2, 0.25) is 0 Å². The third-order valence-corrected chi connectivity index (χ3v) is 6.06. The van der Waals surface area contributed by atoms with Crippen molar-refractivity contribution in [2.24, 2.45) is 0 Å². The van der Waals surface area contributed by atoms with Gasteiger partial charge in [0, 0.05) is 12.8 Å². The number of hydrogen-bond acceptors (Lipinski definition) is 4. The van der Waals surface area contributed by atoms with Crippen LogP contribution < -0.4 is 0 Å². The summed E-state index contributed by atoms with van der Waals surface area (Å²) in [5.41, 5.74) is 4.29. The van der Waals surface area contributed by atoms with Crippen LogP contribution in [0.3, 0.4) is 0 Å². The molecule has 3 rings (SSSR count). The van der Waals surface area contributed by atoms with E-state index >= 15 is 0 Å². The third-order valence-electron chi connectivity index (χ3n) is 5.07. The third kappa shape index (κ3) is 4.72. The lowest BCUT2D eigenvalue weighted by molar-refractivity contribution is -0.129. The minimum absolute atomic E-state index is 0.160. The molecule has 0 N–H and O–H groups in total. The molecule has 0 saturated carbocycles. The van der Waals surface area contributed by atoms with Gasteiger partial charge in [-0.15, -0.1) is 11.8 Å². The Morgan fingerprint density at radius 2 is 1.89 bits per heavy atom. The number of amides is 1. The highest BCUT2D eigenvalue weighted by molar-refractivity contribution is 7.99. The molecular weight excluding hydrogens is 358 g/mol. The molecule has 1 aliphatic rings. The number of carbonyl (C=O) groups excluding carboxylic acids is 2. The van der Waals surface area contributed by atoms with Crippen LogP contribution in [-0.2, 0) is 21.7 Å². The lowest BCUT2D eigenvalue weighted by Gasteiger charge is -2.33. The summed E-state index contributed by atoms with van der Waals surface area (Å²) in [6.07, 6.45) is 3.25. The topological polar surface area (TPSA) is 46.6 Å². The summed E-state index contributed by atoms with van der Waals surface area (Å²) in [6.45, 7) is 0. The van der Waals surface area contributed by atoms with Crippen LogP contribution in [0.25, 0.3) is 0 Å². The molecule has 2 aromatic carbocycles. The zero-order chi connectivity index (χ0) is 19.2. The maximum Gasteiger partial charge on any atom is 0.337 e. The van der Waals surface area contributed by atoms with Gasteiger partial charge in [0.25, 0.3) is 0 Å².